The normalized spacial score (nSPS) is 10.2. The molecule has 0 atom stereocenters. The summed E-state index contributed by atoms with van der Waals surface area (Å²) < 4.78 is 5.12. The number of nitrogens with one attached hydrogen (secondary N) is 1. The molecular weight excluding hydrogens is 218 g/mol. The van der Waals surface area contributed by atoms with E-state index in [4.69, 9.17) is 4.42 Å². The van der Waals surface area contributed by atoms with Gasteiger partial charge in [-0.2, -0.15) is 0 Å². The standard InChI is InChI=1S/C12H13N3O2/c1-8-11(7-13-9(2)15-8)12(16)14-6-10-4-3-5-17-10/h3-5,7H,6H2,1-2H3,(H,14,16). The van der Waals surface area contributed by atoms with Crippen LogP contribution in [-0.2, 0) is 6.54 Å². The molecule has 0 unspecified atom stereocenters. The number of rotatable bonds is 3. The van der Waals surface area contributed by atoms with E-state index in [9.17, 15) is 4.79 Å². The van der Waals surface area contributed by atoms with Crippen molar-refractivity contribution in [1.29, 1.82) is 0 Å². The number of furan rings is 1. The van der Waals surface area contributed by atoms with E-state index in [-0.39, 0.29) is 5.91 Å². The van der Waals surface area contributed by atoms with Crippen molar-refractivity contribution in [3.63, 3.8) is 0 Å². The smallest absolute Gasteiger partial charge is 0.255 e. The van der Waals surface area contributed by atoms with Crippen LogP contribution in [0.4, 0.5) is 0 Å². The van der Waals surface area contributed by atoms with Gasteiger partial charge >= 0.3 is 0 Å². The second kappa shape index (κ2) is 4.78. The first kappa shape index (κ1) is 11.3. The summed E-state index contributed by atoms with van der Waals surface area (Å²) in [5.74, 6) is 1.17. The molecule has 0 aliphatic carbocycles. The molecule has 0 radical (unpaired) electrons. The van der Waals surface area contributed by atoms with Crippen LogP contribution in [0.3, 0.4) is 0 Å². The topological polar surface area (TPSA) is 68.0 Å². The quantitative estimate of drug-likeness (QED) is 0.871. The van der Waals surface area contributed by atoms with Crippen LogP contribution in [-0.4, -0.2) is 15.9 Å². The van der Waals surface area contributed by atoms with Gasteiger partial charge in [0.05, 0.1) is 24.1 Å². The van der Waals surface area contributed by atoms with E-state index in [2.05, 4.69) is 15.3 Å². The summed E-state index contributed by atoms with van der Waals surface area (Å²) in [6.07, 6.45) is 3.11. The number of hydrogen-bond acceptors (Lipinski definition) is 4. The SMILES string of the molecule is Cc1ncc(C(=O)NCc2ccco2)c(C)n1. The molecule has 5 heteroatoms. The zero-order chi connectivity index (χ0) is 12.3. The van der Waals surface area contributed by atoms with Crippen molar-refractivity contribution < 1.29 is 9.21 Å². The van der Waals surface area contributed by atoms with Crippen LogP contribution in [0.2, 0.25) is 0 Å². The number of aryl methyl sites for hydroxylation is 2. The van der Waals surface area contributed by atoms with E-state index in [1.807, 2.05) is 0 Å². The fraction of sp³-hybridized carbons (Fsp3) is 0.250. The lowest BCUT2D eigenvalue weighted by Crippen LogP contribution is -2.24. The van der Waals surface area contributed by atoms with E-state index in [0.717, 1.165) is 0 Å². The first-order chi connectivity index (χ1) is 8.16. The third kappa shape index (κ3) is 2.69. The van der Waals surface area contributed by atoms with Gasteiger partial charge < -0.3 is 9.73 Å². The predicted octanol–water partition coefficient (Wildman–Crippen LogP) is 1.62. The van der Waals surface area contributed by atoms with Crippen LogP contribution in [0.1, 0.15) is 27.6 Å². The van der Waals surface area contributed by atoms with E-state index < -0.39 is 0 Å². The summed E-state index contributed by atoms with van der Waals surface area (Å²) >= 11 is 0. The number of carbonyl (C=O) groups is 1. The van der Waals surface area contributed by atoms with Crippen LogP contribution < -0.4 is 5.32 Å². The van der Waals surface area contributed by atoms with E-state index in [1.165, 1.54) is 6.20 Å². The molecule has 5 nitrogen and oxygen atoms in total. The van der Waals surface area contributed by atoms with Crippen molar-refractivity contribution in [1.82, 2.24) is 15.3 Å². The van der Waals surface area contributed by atoms with Gasteiger partial charge in [0, 0.05) is 6.20 Å². The molecule has 0 bridgehead atoms. The fourth-order valence-corrected chi connectivity index (χ4v) is 1.48. The van der Waals surface area contributed by atoms with Gasteiger partial charge in [0.2, 0.25) is 0 Å². The molecule has 2 aromatic heterocycles. The van der Waals surface area contributed by atoms with Gasteiger partial charge in [-0.1, -0.05) is 0 Å². The van der Waals surface area contributed by atoms with Crippen molar-refractivity contribution in [3.8, 4) is 0 Å². The van der Waals surface area contributed by atoms with Gasteiger partial charge in [-0.25, -0.2) is 9.97 Å². The Morgan fingerprint density at radius 3 is 2.94 bits per heavy atom. The molecule has 17 heavy (non-hydrogen) atoms. The van der Waals surface area contributed by atoms with Crippen molar-refractivity contribution in [3.05, 3.63) is 47.4 Å². The maximum atomic E-state index is 11.8. The molecule has 2 heterocycles. The first-order valence-corrected chi connectivity index (χ1v) is 5.27. The van der Waals surface area contributed by atoms with Gasteiger partial charge in [0.1, 0.15) is 11.6 Å². The third-order valence-corrected chi connectivity index (χ3v) is 2.35. The third-order valence-electron chi connectivity index (χ3n) is 2.35. The minimum atomic E-state index is -0.195. The summed E-state index contributed by atoms with van der Waals surface area (Å²) in [5.41, 5.74) is 1.16. The highest BCUT2D eigenvalue weighted by molar-refractivity contribution is 5.94. The lowest BCUT2D eigenvalue weighted by molar-refractivity contribution is 0.0946. The van der Waals surface area contributed by atoms with Crippen molar-refractivity contribution in [2.45, 2.75) is 20.4 Å². The summed E-state index contributed by atoms with van der Waals surface area (Å²) in [5, 5.41) is 2.75. The highest BCUT2D eigenvalue weighted by atomic mass is 16.3. The van der Waals surface area contributed by atoms with Crippen LogP contribution in [0, 0.1) is 13.8 Å². The average Bonchev–Trinajstić information content (AvgIpc) is 2.78. The Kier molecular flexibility index (Phi) is 3.18. The molecule has 0 aromatic carbocycles. The summed E-state index contributed by atoms with van der Waals surface area (Å²) in [6, 6.07) is 3.58. The van der Waals surface area contributed by atoms with E-state index >= 15 is 0 Å². The van der Waals surface area contributed by atoms with Gasteiger partial charge in [-0.15, -0.1) is 0 Å². The molecule has 0 spiro atoms. The Labute approximate surface area is 98.9 Å². The Balaban J connectivity index is 2.04. The number of hydrogen-bond donors (Lipinski definition) is 1. The molecule has 0 aliphatic heterocycles. The van der Waals surface area contributed by atoms with Crippen molar-refractivity contribution >= 4 is 5.91 Å². The highest BCUT2D eigenvalue weighted by Gasteiger charge is 2.10. The van der Waals surface area contributed by atoms with Crippen LogP contribution in [0.5, 0.6) is 0 Å². The van der Waals surface area contributed by atoms with Gasteiger partial charge in [-0.05, 0) is 26.0 Å². The largest absolute Gasteiger partial charge is 0.467 e. The summed E-state index contributed by atoms with van der Waals surface area (Å²) in [7, 11) is 0. The minimum Gasteiger partial charge on any atom is -0.467 e. The molecular formula is C12H13N3O2. The monoisotopic (exact) mass is 231 g/mol. The molecule has 0 saturated carbocycles. The summed E-state index contributed by atoms with van der Waals surface area (Å²) in [6.45, 7) is 3.94. The molecule has 2 rings (SSSR count). The van der Waals surface area contributed by atoms with Crippen molar-refractivity contribution in [2.75, 3.05) is 0 Å². The Morgan fingerprint density at radius 1 is 1.47 bits per heavy atom. The minimum absolute atomic E-state index is 0.195. The zero-order valence-electron chi connectivity index (χ0n) is 9.73. The maximum absolute atomic E-state index is 11.8. The Hall–Kier alpha value is -2.17. The number of nitrogens with zero attached hydrogens (tertiary/aromatic N) is 2. The van der Waals surface area contributed by atoms with Crippen molar-refractivity contribution in [2.24, 2.45) is 0 Å². The van der Waals surface area contributed by atoms with E-state index in [1.54, 1.807) is 32.2 Å². The Morgan fingerprint density at radius 2 is 2.29 bits per heavy atom. The van der Waals surface area contributed by atoms with Crippen LogP contribution in [0.15, 0.2) is 29.0 Å². The molecule has 0 aliphatic rings. The van der Waals surface area contributed by atoms with E-state index in [0.29, 0.717) is 29.4 Å². The average molecular weight is 231 g/mol. The zero-order valence-corrected chi connectivity index (χ0v) is 9.73. The van der Waals surface area contributed by atoms with Crippen LogP contribution in [0.25, 0.3) is 0 Å². The second-order valence-electron chi connectivity index (χ2n) is 3.68. The molecule has 88 valence electrons. The van der Waals surface area contributed by atoms with Gasteiger partial charge in [0.15, 0.2) is 0 Å². The molecule has 0 fully saturated rings. The lowest BCUT2D eigenvalue weighted by Gasteiger charge is -2.05. The van der Waals surface area contributed by atoms with Gasteiger partial charge in [0.25, 0.3) is 5.91 Å². The molecule has 0 saturated heterocycles. The highest BCUT2D eigenvalue weighted by Crippen LogP contribution is 2.05. The van der Waals surface area contributed by atoms with Gasteiger partial charge in [-0.3, -0.25) is 4.79 Å². The predicted molar refractivity (Wildman–Crippen MR) is 61.4 cm³/mol. The Bertz CT molecular complexity index is 521. The lowest BCUT2D eigenvalue weighted by atomic mass is 10.2. The molecule has 1 amide bonds. The fourth-order valence-electron chi connectivity index (χ4n) is 1.48. The summed E-state index contributed by atoms with van der Waals surface area (Å²) in [4.78, 5) is 20.0. The number of amides is 1. The second-order valence-corrected chi connectivity index (χ2v) is 3.68. The maximum Gasteiger partial charge on any atom is 0.255 e. The number of carbonyl (C=O) groups excluding carboxylic acids is 1. The first-order valence-electron chi connectivity index (χ1n) is 5.27. The molecule has 1 N–H and O–H groups in total. The number of aromatic nitrogens is 2. The molecule has 2 aromatic rings. The van der Waals surface area contributed by atoms with Crippen LogP contribution >= 0.6 is 0 Å².